The number of hydrogen-bond donors (Lipinski definition) is 2. The van der Waals surface area contributed by atoms with Crippen LogP contribution in [0.15, 0.2) is 17.3 Å². The number of aryl methyl sites for hydroxylation is 1. The number of aromatic nitrogens is 2. The molecule has 7 heteroatoms. The molecule has 0 saturated heterocycles. The maximum atomic E-state index is 12.1. The van der Waals surface area contributed by atoms with Crippen molar-refractivity contribution in [1.29, 1.82) is 0 Å². The van der Waals surface area contributed by atoms with Crippen LogP contribution < -0.4 is 10.0 Å². The molecular formula is C13H24N4O2S. The van der Waals surface area contributed by atoms with E-state index in [9.17, 15) is 8.42 Å². The van der Waals surface area contributed by atoms with Crippen molar-refractivity contribution in [1.82, 2.24) is 19.8 Å². The Morgan fingerprint density at radius 3 is 2.70 bits per heavy atom. The van der Waals surface area contributed by atoms with Gasteiger partial charge in [0.15, 0.2) is 0 Å². The Balaban J connectivity index is 1.86. The molecule has 20 heavy (non-hydrogen) atoms. The van der Waals surface area contributed by atoms with Gasteiger partial charge in [-0.25, -0.2) is 13.1 Å². The molecule has 0 spiro atoms. The molecule has 2 N–H and O–H groups in total. The molecule has 1 aromatic heterocycles. The van der Waals surface area contributed by atoms with Crippen LogP contribution in [0.5, 0.6) is 0 Å². The summed E-state index contributed by atoms with van der Waals surface area (Å²) in [4.78, 5) is 0.225. The van der Waals surface area contributed by atoms with Gasteiger partial charge in [0, 0.05) is 24.3 Å². The van der Waals surface area contributed by atoms with Gasteiger partial charge in [0.25, 0.3) is 0 Å². The van der Waals surface area contributed by atoms with E-state index in [2.05, 4.69) is 15.1 Å². The minimum absolute atomic E-state index is 0.225. The second kappa shape index (κ2) is 5.83. The van der Waals surface area contributed by atoms with Crippen molar-refractivity contribution in [2.75, 3.05) is 6.54 Å². The van der Waals surface area contributed by atoms with Gasteiger partial charge >= 0.3 is 0 Å². The molecule has 1 saturated carbocycles. The van der Waals surface area contributed by atoms with Crippen molar-refractivity contribution in [2.24, 2.45) is 0 Å². The normalized spacial score (nSPS) is 16.6. The summed E-state index contributed by atoms with van der Waals surface area (Å²) in [6, 6.07) is 0.708. The second-order valence-electron chi connectivity index (χ2n) is 6.38. The van der Waals surface area contributed by atoms with Gasteiger partial charge in [-0.3, -0.25) is 4.68 Å². The van der Waals surface area contributed by atoms with Crippen molar-refractivity contribution in [2.45, 2.75) is 63.1 Å². The summed E-state index contributed by atoms with van der Waals surface area (Å²) in [7, 11) is -3.48. The van der Waals surface area contributed by atoms with Gasteiger partial charge in [0.1, 0.15) is 4.90 Å². The molecule has 1 aliphatic rings. The molecule has 6 nitrogen and oxygen atoms in total. The fourth-order valence-corrected chi connectivity index (χ4v) is 3.27. The maximum absolute atomic E-state index is 12.1. The Morgan fingerprint density at radius 2 is 2.10 bits per heavy atom. The Labute approximate surface area is 121 Å². The minimum Gasteiger partial charge on any atom is -0.314 e. The third-order valence-corrected chi connectivity index (χ3v) is 4.65. The van der Waals surface area contributed by atoms with E-state index in [1.54, 1.807) is 10.9 Å². The van der Waals surface area contributed by atoms with E-state index in [1.165, 1.54) is 19.0 Å². The van der Waals surface area contributed by atoms with Crippen molar-refractivity contribution in [3.63, 3.8) is 0 Å². The van der Waals surface area contributed by atoms with Crippen LogP contribution in [0.4, 0.5) is 0 Å². The Bertz CT molecular complexity index is 541. The van der Waals surface area contributed by atoms with Crippen molar-refractivity contribution in [3.8, 4) is 0 Å². The first-order valence-electron chi connectivity index (χ1n) is 7.06. The van der Waals surface area contributed by atoms with E-state index in [0.717, 1.165) is 19.5 Å². The number of rotatable bonds is 7. The summed E-state index contributed by atoms with van der Waals surface area (Å²) >= 11 is 0. The number of nitrogens with zero attached hydrogens (tertiary/aromatic N) is 2. The molecule has 0 atom stereocenters. The zero-order chi connectivity index (χ0) is 14.8. The molecule has 2 rings (SSSR count). The van der Waals surface area contributed by atoms with Gasteiger partial charge < -0.3 is 5.32 Å². The van der Waals surface area contributed by atoms with E-state index in [-0.39, 0.29) is 4.90 Å². The molecule has 114 valence electrons. The summed E-state index contributed by atoms with van der Waals surface area (Å²) in [5.74, 6) is 0. The highest BCUT2D eigenvalue weighted by Gasteiger charge is 2.23. The maximum Gasteiger partial charge on any atom is 0.244 e. The minimum atomic E-state index is -3.48. The van der Waals surface area contributed by atoms with Gasteiger partial charge in [-0.15, -0.1) is 0 Å². The quantitative estimate of drug-likeness (QED) is 0.739. The third-order valence-electron chi connectivity index (χ3n) is 2.93. The smallest absolute Gasteiger partial charge is 0.244 e. The average molecular weight is 300 g/mol. The summed E-state index contributed by atoms with van der Waals surface area (Å²) in [6.45, 7) is 7.13. The largest absolute Gasteiger partial charge is 0.314 e. The summed E-state index contributed by atoms with van der Waals surface area (Å²) < 4.78 is 28.5. The van der Waals surface area contributed by atoms with Crippen molar-refractivity contribution < 1.29 is 8.42 Å². The number of sulfonamides is 1. The molecule has 1 fully saturated rings. The highest BCUT2D eigenvalue weighted by Crippen LogP contribution is 2.18. The Hall–Kier alpha value is -0.920. The molecule has 1 aliphatic carbocycles. The molecule has 0 amide bonds. The molecule has 0 radical (unpaired) electrons. The van der Waals surface area contributed by atoms with Gasteiger partial charge in [-0.05, 0) is 46.6 Å². The van der Waals surface area contributed by atoms with Gasteiger partial charge in [-0.1, -0.05) is 0 Å². The fourth-order valence-electron chi connectivity index (χ4n) is 1.90. The summed E-state index contributed by atoms with van der Waals surface area (Å²) in [6.07, 6.45) is 6.50. The average Bonchev–Trinajstić information content (AvgIpc) is 2.97. The molecule has 0 bridgehead atoms. The van der Waals surface area contributed by atoms with E-state index in [1.807, 2.05) is 20.8 Å². The monoisotopic (exact) mass is 300 g/mol. The Kier molecular flexibility index (Phi) is 4.51. The SMILES string of the molecule is CC(C)(C)NS(=O)(=O)c1cnn(CCCNC2CC2)c1. The first-order valence-corrected chi connectivity index (χ1v) is 8.54. The lowest BCUT2D eigenvalue weighted by Crippen LogP contribution is -2.40. The van der Waals surface area contributed by atoms with Crippen LogP contribution in [-0.4, -0.2) is 36.3 Å². The number of hydrogen-bond acceptors (Lipinski definition) is 4. The van der Waals surface area contributed by atoms with Crippen LogP contribution in [0.2, 0.25) is 0 Å². The van der Waals surface area contributed by atoms with Crippen LogP contribution >= 0.6 is 0 Å². The Morgan fingerprint density at radius 1 is 1.40 bits per heavy atom. The first kappa shape index (κ1) is 15.5. The van der Waals surface area contributed by atoms with E-state index < -0.39 is 15.6 Å². The second-order valence-corrected chi connectivity index (χ2v) is 8.06. The lowest BCUT2D eigenvalue weighted by molar-refractivity contribution is 0.491. The summed E-state index contributed by atoms with van der Waals surface area (Å²) in [5.41, 5.74) is -0.491. The van der Waals surface area contributed by atoms with Crippen LogP contribution in [0.3, 0.4) is 0 Å². The molecule has 0 aliphatic heterocycles. The highest BCUT2D eigenvalue weighted by atomic mass is 32.2. The highest BCUT2D eigenvalue weighted by molar-refractivity contribution is 7.89. The van der Waals surface area contributed by atoms with Crippen LogP contribution in [0, 0.1) is 0 Å². The zero-order valence-electron chi connectivity index (χ0n) is 12.4. The standard InChI is InChI=1S/C13H24N4O2S/c1-13(2,3)16-20(18,19)12-9-15-17(10-12)8-4-7-14-11-5-6-11/h9-11,14,16H,4-8H2,1-3H3. The van der Waals surface area contributed by atoms with Crippen LogP contribution in [0.25, 0.3) is 0 Å². The first-order chi connectivity index (χ1) is 9.26. The molecule has 0 aromatic carbocycles. The van der Waals surface area contributed by atoms with E-state index in [4.69, 9.17) is 0 Å². The number of nitrogens with one attached hydrogen (secondary N) is 2. The van der Waals surface area contributed by atoms with Crippen molar-refractivity contribution in [3.05, 3.63) is 12.4 Å². The van der Waals surface area contributed by atoms with E-state index >= 15 is 0 Å². The lowest BCUT2D eigenvalue weighted by atomic mass is 10.1. The topological polar surface area (TPSA) is 76.0 Å². The van der Waals surface area contributed by atoms with Gasteiger partial charge in [-0.2, -0.15) is 5.10 Å². The van der Waals surface area contributed by atoms with Crippen molar-refractivity contribution >= 4 is 10.0 Å². The third kappa shape index (κ3) is 4.88. The zero-order valence-corrected chi connectivity index (χ0v) is 13.2. The molecule has 1 heterocycles. The lowest BCUT2D eigenvalue weighted by Gasteiger charge is -2.19. The fraction of sp³-hybridized carbons (Fsp3) is 0.769. The van der Waals surface area contributed by atoms with Crippen LogP contribution in [-0.2, 0) is 16.6 Å². The molecule has 1 aromatic rings. The van der Waals surface area contributed by atoms with Crippen LogP contribution in [0.1, 0.15) is 40.0 Å². The van der Waals surface area contributed by atoms with Gasteiger partial charge in [0.2, 0.25) is 10.0 Å². The van der Waals surface area contributed by atoms with E-state index in [0.29, 0.717) is 6.04 Å². The molecule has 0 unspecified atom stereocenters. The van der Waals surface area contributed by atoms with Gasteiger partial charge in [0.05, 0.1) is 6.20 Å². The predicted octanol–water partition coefficient (Wildman–Crippen LogP) is 1.10. The summed E-state index contributed by atoms with van der Waals surface area (Å²) in [5, 5.41) is 7.54. The molecular weight excluding hydrogens is 276 g/mol. The predicted molar refractivity (Wildman–Crippen MR) is 77.9 cm³/mol.